The predicted octanol–water partition coefficient (Wildman–Crippen LogP) is 4.36. The lowest BCUT2D eigenvalue weighted by atomic mass is 9.91. The first-order chi connectivity index (χ1) is 17.6. The topological polar surface area (TPSA) is 108 Å². The molecule has 0 bridgehead atoms. The number of aryl methyl sites for hydroxylation is 1. The van der Waals surface area contributed by atoms with E-state index in [1.807, 2.05) is 0 Å². The monoisotopic (exact) mass is 549 g/mol. The van der Waals surface area contributed by atoms with Crippen LogP contribution in [0.1, 0.15) is 50.7 Å². The van der Waals surface area contributed by atoms with E-state index in [1.54, 1.807) is 24.8 Å². The Morgan fingerprint density at radius 1 is 1.21 bits per heavy atom. The highest BCUT2D eigenvalue weighted by atomic mass is 31.2. The molecule has 1 amide bonds. The van der Waals surface area contributed by atoms with E-state index in [0.29, 0.717) is 53.4 Å². The van der Waals surface area contributed by atoms with Crippen LogP contribution in [0.2, 0.25) is 0 Å². The number of alkyl halides is 2. The summed E-state index contributed by atoms with van der Waals surface area (Å²) in [4.78, 5) is 26.6. The molecular formula is C26H31F3N5O3P. The van der Waals surface area contributed by atoms with Crippen LogP contribution in [0.5, 0.6) is 0 Å². The van der Waals surface area contributed by atoms with Gasteiger partial charge >= 0.3 is 5.92 Å². The van der Waals surface area contributed by atoms with Crippen molar-refractivity contribution in [2.45, 2.75) is 52.2 Å². The van der Waals surface area contributed by atoms with Crippen LogP contribution in [-0.4, -0.2) is 61.9 Å². The number of benzene rings is 1. The number of rotatable bonds is 6. The molecular weight excluding hydrogens is 518 g/mol. The van der Waals surface area contributed by atoms with E-state index < -0.39 is 36.1 Å². The number of fused-ring (bicyclic) bond motifs is 1. The molecule has 0 saturated carbocycles. The smallest absolute Gasteiger partial charge is 0.303 e. The molecule has 3 heterocycles. The highest BCUT2D eigenvalue weighted by Crippen LogP contribution is 2.46. The van der Waals surface area contributed by atoms with Crippen LogP contribution in [0.15, 0.2) is 30.5 Å². The van der Waals surface area contributed by atoms with Crippen molar-refractivity contribution in [1.29, 1.82) is 0 Å². The molecule has 2 N–H and O–H groups in total. The molecule has 1 aliphatic heterocycles. The summed E-state index contributed by atoms with van der Waals surface area (Å²) in [5.74, 6) is -4.29. The van der Waals surface area contributed by atoms with E-state index in [0.717, 1.165) is 19.9 Å². The van der Waals surface area contributed by atoms with Gasteiger partial charge < -0.3 is 19.9 Å². The fraction of sp³-hybridized carbons (Fsp3) is 0.462. The molecule has 8 nitrogen and oxygen atoms in total. The summed E-state index contributed by atoms with van der Waals surface area (Å²) >= 11 is 0. The molecule has 1 aromatic carbocycles. The molecule has 4 rings (SSSR count). The minimum atomic E-state index is -3.82. The zero-order chi connectivity index (χ0) is 28.0. The van der Waals surface area contributed by atoms with Crippen molar-refractivity contribution in [3.05, 3.63) is 53.2 Å². The Bertz CT molecular complexity index is 1430. The molecule has 1 aliphatic rings. The van der Waals surface area contributed by atoms with Gasteiger partial charge in [-0.1, -0.05) is 12.1 Å². The molecule has 0 aliphatic carbocycles. The lowest BCUT2D eigenvalue weighted by Gasteiger charge is -2.31. The van der Waals surface area contributed by atoms with Gasteiger partial charge in [-0.25, -0.2) is 14.4 Å². The Balaban J connectivity index is 1.70. The second-order valence-electron chi connectivity index (χ2n) is 10.2. The Labute approximate surface area is 219 Å². The second-order valence-corrected chi connectivity index (χ2v) is 13.4. The number of pyridine rings is 1. The minimum Gasteiger partial charge on any atom is -0.384 e. The van der Waals surface area contributed by atoms with E-state index in [2.05, 4.69) is 20.3 Å². The number of halogens is 3. The maximum Gasteiger partial charge on any atom is 0.303 e. The molecule has 2 aromatic heterocycles. The average Bonchev–Trinajstić information content (AvgIpc) is 2.83. The first-order valence-corrected chi connectivity index (χ1v) is 14.4. The largest absolute Gasteiger partial charge is 0.384 e. The summed E-state index contributed by atoms with van der Waals surface area (Å²) in [5.41, 5.74) is -2.53. The molecule has 0 radical (unpaired) electrons. The number of nitrogens with zero attached hydrogens (tertiary/aromatic N) is 4. The van der Waals surface area contributed by atoms with Crippen molar-refractivity contribution in [2.75, 3.05) is 30.7 Å². The number of amides is 1. The zero-order valence-corrected chi connectivity index (χ0v) is 22.8. The van der Waals surface area contributed by atoms with Gasteiger partial charge in [-0.2, -0.15) is 8.78 Å². The third kappa shape index (κ3) is 5.14. The molecule has 204 valence electrons. The number of hydrogen-bond acceptors (Lipinski definition) is 7. The van der Waals surface area contributed by atoms with Crippen LogP contribution < -0.4 is 10.8 Å². The molecule has 0 spiro atoms. The summed E-state index contributed by atoms with van der Waals surface area (Å²) in [5, 5.41) is 13.5. The molecule has 38 heavy (non-hydrogen) atoms. The number of anilines is 1. The number of nitrogens with one attached hydrogen (secondary N) is 1. The van der Waals surface area contributed by atoms with Gasteiger partial charge in [0.2, 0.25) is 5.91 Å². The minimum absolute atomic E-state index is 0.0329. The Hall–Kier alpha value is -3.04. The number of aromatic nitrogens is 3. The van der Waals surface area contributed by atoms with Crippen LogP contribution in [0, 0.1) is 12.7 Å². The number of aliphatic hydroxyl groups is 1. The Kier molecular flexibility index (Phi) is 7.31. The highest BCUT2D eigenvalue weighted by molar-refractivity contribution is 7.71. The van der Waals surface area contributed by atoms with Crippen molar-refractivity contribution < 1.29 is 27.6 Å². The van der Waals surface area contributed by atoms with Crippen LogP contribution in [0.4, 0.5) is 19.0 Å². The van der Waals surface area contributed by atoms with Crippen molar-refractivity contribution in [3.63, 3.8) is 0 Å². The third-order valence-corrected chi connectivity index (χ3v) is 9.88. The third-order valence-electron chi connectivity index (χ3n) is 6.96. The van der Waals surface area contributed by atoms with Crippen LogP contribution in [0.25, 0.3) is 10.9 Å². The van der Waals surface area contributed by atoms with Crippen molar-refractivity contribution >= 4 is 35.2 Å². The van der Waals surface area contributed by atoms with Crippen molar-refractivity contribution in [1.82, 2.24) is 19.9 Å². The molecule has 3 aromatic rings. The van der Waals surface area contributed by atoms with E-state index >= 15 is 4.39 Å². The summed E-state index contributed by atoms with van der Waals surface area (Å²) in [6.45, 7) is 7.37. The fourth-order valence-electron chi connectivity index (χ4n) is 4.54. The van der Waals surface area contributed by atoms with Crippen molar-refractivity contribution in [2.24, 2.45) is 0 Å². The molecule has 1 fully saturated rings. The van der Waals surface area contributed by atoms with Gasteiger partial charge in [0.1, 0.15) is 35.6 Å². The lowest BCUT2D eigenvalue weighted by molar-refractivity contribution is -0.170. The van der Waals surface area contributed by atoms with E-state index in [-0.39, 0.29) is 11.5 Å². The van der Waals surface area contributed by atoms with Gasteiger partial charge in [-0.15, -0.1) is 0 Å². The van der Waals surface area contributed by atoms with Gasteiger partial charge in [0.05, 0.1) is 23.3 Å². The normalized spacial score (nSPS) is 16.9. The summed E-state index contributed by atoms with van der Waals surface area (Å²) < 4.78 is 58.7. The summed E-state index contributed by atoms with van der Waals surface area (Å²) in [6, 6.07) is 4.53. The predicted molar refractivity (Wildman–Crippen MR) is 140 cm³/mol. The Morgan fingerprint density at radius 2 is 1.87 bits per heavy atom. The Morgan fingerprint density at radius 3 is 2.47 bits per heavy atom. The standard InChI is InChI=1S/C26H31F3N5O3P/c1-15(18-7-6-8-20(23(18)27)26(28,29)25(4,5)36)31-24-19-13-22(30-14-21(19)32-16(2)33-24)38(37)11-9-34(10-12-38)17(3)35/h6-8,13-15,36H,9-12H2,1-5H3,(H,31,32,33)/t15-/m1/s1. The fourth-order valence-corrected chi connectivity index (χ4v) is 6.98. The average molecular weight is 550 g/mol. The molecule has 12 heteroatoms. The SMILES string of the molecule is CC(=O)N1CCP(=O)(c2cc3c(N[C@H](C)c4cccc(C(F)(F)C(C)(C)O)c4F)nc(C)nc3cn2)CC1. The first-order valence-electron chi connectivity index (χ1n) is 12.3. The summed E-state index contributed by atoms with van der Waals surface area (Å²) in [6.07, 6.45) is 2.13. The van der Waals surface area contributed by atoms with Gasteiger partial charge in [-0.3, -0.25) is 9.78 Å². The van der Waals surface area contributed by atoms with Crippen LogP contribution in [0.3, 0.4) is 0 Å². The molecule has 0 unspecified atom stereocenters. The quantitative estimate of drug-likeness (QED) is 0.440. The van der Waals surface area contributed by atoms with Crippen LogP contribution >= 0.6 is 7.14 Å². The molecule has 1 saturated heterocycles. The van der Waals surface area contributed by atoms with E-state index in [9.17, 15) is 23.2 Å². The van der Waals surface area contributed by atoms with E-state index in [1.165, 1.54) is 25.3 Å². The highest BCUT2D eigenvalue weighted by Gasteiger charge is 2.49. The maximum atomic E-state index is 15.4. The summed E-state index contributed by atoms with van der Waals surface area (Å²) in [7, 11) is -2.88. The number of carbonyl (C=O) groups is 1. The first kappa shape index (κ1) is 28.0. The van der Waals surface area contributed by atoms with Gasteiger partial charge in [0, 0.05) is 43.3 Å². The number of carbonyl (C=O) groups excluding carboxylic acids is 1. The second kappa shape index (κ2) is 9.93. The van der Waals surface area contributed by atoms with E-state index in [4.69, 9.17) is 0 Å². The molecule has 1 atom stereocenters. The van der Waals surface area contributed by atoms with Crippen LogP contribution in [-0.2, 0) is 15.3 Å². The van der Waals surface area contributed by atoms with Gasteiger partial charge in [0.15, 0.2) is 0 Å². The number of hydrogen-bond donors (Lipinski definition) is 2. The maximum absolute atomic E-state index is 15.4. The lowest BCUT2D eigenvalue weighted by Crippen LogP contribution is -2.41. The van der Waals surface area contributed by atoms with Crippen molar-refractivity contribution in [3.8, 4) is 0 Å². The van der Waals surface area contributed by atoms with Gasteiger partial charge in [-0.05, 0) is 39.8 Å². The zero-order valence-electron chi connectivity index (χ0n) is 21.9. The van der Waals surface area contributed by atoms with Gasteiger partial charge in [0.25, 0.3) is 0 Å².